The molecule has 3 N–H and O–H groups in total. The zero-order valence-corrected chi connectivity index (χ0v) is 13.8. The van der Waals surface area contributed by atoms with Crippen LogP contribution in [0.1, 0.15) is 58.8 Å². The van der Waals surface area contributed by atoms with E-state index in [0.717, 1.165) is 44.9 Å². The van der Waals surface area contributed by atoms with Gasteiger partial charge in [0, 0.05) is 0 Å². The van der Waals surface area contributed by atoms with Gasteiger partial charge in [0.1, 0.15) is 0 Å². The Morgan fingerprint density at radius 3 is 2.64 bits per heavy atom. The minimum absolute atomic E-state index is 0.0520. The Kier molecular flexibility index (Phi) is 3.32. The predicted molar refractivity (Wildman–Crippen MR) is 85.1 cm³/mol. The highest BCUT2D eigenvalue weighted by Gasteiger charge is 2.61. The SMILES string of the molecule is C[C@]12C[C@H](O)[C@H]3[C@@H](CC=C4C[C@@H](O)CC[C@@]43C)[C@@H]1CC[C@@H]2O. The molecule has 0 aliphatic heterocycles. The summed E-state index contributed by atoms with van der Waals surface area (Å²) in [7, 11) is 0. The Hall–Kier alpha value is -0.380. The minimum Gasteiger partial charge on any atom is -0.393 e. The lowest BCUT2D eigenvalue weighted by Gasteiger charge is -2.59. The van der Waals surface area contributed by atoms with E-state index in [9.17, 15) is 15.3 Å². The molecule has 0 unspecified atom stereocenters. The van der Waals surface area contributed by atoms with Gasteiger partial charge >= 0.3 is 0 Å². The first-order valence-electron chi connectivity index (χ1n) is 9.10. The van der Waals surface area contributed by atoms with Crippen LogP contribution in [-0.2, 0) is 0 Å². The summed E-state index contributed by atoms with van der Waals surface area (Å²) in [5.74, 6) is 1.34. The Balaban J connectivity index is 1.73. The molecule has 0 aromatic rings. The summed E-state index contributed by atoms with van der Waals surface area (Å²) in [6.07, 6.45) is 7.99. The summed E-state index contributed by atoms with van der Waals surface area (Å²) in [4.78, 5) is 0. The van der Waals surface area contributed by atoms with Gasteiger partial charge in [0.05, 0.1) is 18.3 Å². The maximum absolute atomic E-state index is 11.0. The van der Waals surface area contributed by atoms with E-state index in [4.69, 9.17) is 0 Å². The van der Waals surface area contributed by atoms with E-state index in [2.05, 4.69) is 19.9 Å². The number of hydrogen-bond donors (Lipinski definition) is 3. The van der Waals surface area contributed by atoms with Crippen molar-refractivity contribution in [1.82, 2.24) is 0 Å². The Morgan fingerprint density at radius 1 is 1.09 bits per heavy atom. The third-order valence-electron chi connectivity index (χ3n) is 7.96. The van der Waals surface area contributed by atoms with Gasteiger partial charge in [-0.3, -0.25) is 0 Å². The highest BCUT2D eigenvalue weighted by atomic mass is 16.3. The minimum atomic E-state index is -0.317. The number of fused-ring (bicyclic) bond motifs is 5. The Labute approximate surface area is 133 Å². The molecule has 3 fully saturated rings. The number of rotatable bonds is 0. The molecule has 0 heterocycles. The molecule has 0 spiro atoms. The first-order valence-corrected chi connectivity index (χ1v) is 9.10. The summed E-state index contributed by atoms with van der Waals surface area (Å²) in [6.45, 7) is 4.51. The van der Waals surface area contributed by atoms with E-state index < -0.39 is 0 Å². The van der Waals surface area contributed by atoms with E-state index in [1.165, 1.54) is 5.57 Å². The third-order valence-corrected chi connectivity index (χ3v) is 7.96. The predicted octanol–water partition coefficient (Wildman–Crippen LogP) is 2.64. The van der Waals surface area contributed by atoms with Gasteiger partial charge in [-0.25, -0.2) is 0 Å². The van der Waals surface area contributed by atoms with Crippen LogP contribution in [0.2, 0.25) is 0 Å². The zero-order chi connectivity index (χ0) is 15.7. The van der Waals surface area contributed by atoms with Gasteiger partial charge in [0.2, 0.25) is 0 Å². The van der Waals surface area contributed by atoms with Crippen LogP contribution in [0.4, 0.5) is 0 Å². The Morgan fingerprint density at radius 2 is 1.86 bits per heavy atom. The van der Waals surface area contributed by atoms with Crippen LogP contribution in [-0.4, -0.2) is 33.6 Å². The fraction of sp³-hybridized carbons (Fsp3) is 0.895. The van der Waals surface area contributed by atoms with Crippen molar-refractivity contribution >= 4 is 0 Å². The number of aliphatic hydroxyl groups excluding tert-OH is 3. The highest BCUT2D eigenvalue weighted by Crippen LogP contribution is 2.64. The van der Waals surface area contributed by atoms with E-state index >= 15 is 0 Å². The molecule has 3 nitrogen and oxygen atoms in total. The molecule has 0 radical (unpaired) electrons. The smallest absolute Gasteiger partial charge is 0.0597 e. The van der Waals surface area contributed by atoms with Gasteiger partial charge < -0.3 is 15.3 Å². The molecule has 4 rings (SSSR count). The lowest BCUT2D eigenvalue weighted by atomic mass is 9.47. The fourth-order valence-corrected chi connectivity index (χ4v) is 6.75. The molecule has 0 bridgehead atoms. The molecule has 3 saturated carbocycles. The molecule has 4 aliphatic rings. The lowest BCUT2D eigenvalue weighted by molar-refractivity contribution is -0.136. The maximum atomic E-state index is 11.0. The highest BCUT2D eigenvalue weighted by molar-refractivity contribution is 5.26. The summed E-state index contributed by atoms with van der Waals surface area (Å²) >= 11 is 0. The summed E-state index contributed by atoms with van der Waals surface area (Å²) in [6, 6.07) is 0. The van der Waals surface area contributed by atoms with Gasteiger partial charge in [0.25, 0.3) is 0 Å². The number of aliphatic hydroxyl groups is 3. The molecule has 8 atom stereocenters. The molecule has 22 heavy (non-hydrogen) atoms. The standard InChI is InChI=1S/C19H30O3/c1-18-8-7-12(20)9-11(18)3-4-13-14-5-6-16(22)19(14,2)10-15(21)17(13)18/h3,12-17,20-22H,4-10H2,1-2H3/t12-,13-,14-,15-,16-,17+,18-,19-/m0/s1. The van der Waals surface area contributed by atoms with Crippen LogP contribution < -0.4 is 0 Å². The van der Waals surface area contributed by atoms with Gasteiger partial charge in [-0.05, 0) is 73.5 Å². The summed E-state index contributed by atoms with van der Waals surface area (Å²) in [5.41, 5.74) is 1.33. The van der Waals surface area contributed by atoms with Crippen molar-refractivity contribution in [3.63, 3.8) is 0 Å². The molecule has 0 amide bonds. The van der Waals surface area contributed by atoms with Crippen molar-refractivity contribution in [3.8, 4) is 0 Å². The van der Waals surface area contributed by atoms with E-state index in [1.807, 2.05) is 0 Å². The van der Waals surface area contributed by atoms with Crippen molar-refractivity contribution in [2.45, 2.75) is 77.1 Å². The molecule has 0 aromatic carbocycles. The lowest BCUT2D eigenvalue weighted by Crippen LogP contribution is -2.57. The van der Waals surface area contributed by atoms with Gasteiger partial charge in [-0.15, -0.1) is 0 Å². The first-order chi connectivity index (χ1) is 10.4. The van der Waals surface area contributed by atoms with Crippen LogP contribution in [0.5, 0.6) is 0 Å². The average Bonchev–Trinajstić information content (AvgIpc) is 2.75. The van der Waals surface area contributed by atoms with E-state index in [0.29, 0.717) is 17.8 Å². The normalized spacial score (nSPS) is 57.6. The second-order valence-electron chi connectivity index (χ2n) is 8.95. The first kappa shape index (κ1) is 15.2. The molecule has 4 aliphatic carbocycles. The van der Waals surface area contributed by atoms with Crippen LogP contribution in [0.25, 0.3) is 0 Å². The van der Waals surface area contributed by atoms with Crippen LogP contribution in [0, 0.1) is 28.6 Å². The van der Waals surface area contributed by atoms with E-state index in [1.54, 1.807) is 0 Å². The number of allylic oxidation sites excluding steroid dienone is 1. The summed E-state index contributed by atoms with van der Waals surface area (Å²) < 4.78 is 0. The van der Waals surface area contributed by atoms with Crippen molar-refractivity contribution < 1.29 is 15.3 Å². The van der Waals surface area contributed by atoms with E-state index in [-0.39, 0.29) is 29.1 Å². The molecule has 0 saturated heterocycles. The maximum Gasteiger partial charge on any atom is 0.0597 e. The molecule has 124 valence electrons. The molecular formula is C19H30O3. The quantitative estimate of drug-likeness (QED) is 0.603. The average molecular weight is 306 g/mol. The van der Waals surface area contributed by atoms with Crippen molar-refractivity contribution in [3.05, 3.63) is 11.6 Å². The second kappa shape index (κ2) is 4.81. The monoisotopic (exact) mass is 306 g/mol. The van der Waals surface area contributed by atoms with Gasteiger partial charge in [-0.1, -0.05) is 25.5 Å². The number of hydrogen-bond acceptors (Lipinski definition) is 3. The van der Waals surface area contributed by atoms with Crippen LogP contribution in [0.15, 0.2) is 11.6 Å². The molecular weight excluding hydrogens is 276 g/mol. The van der Waals surface area contributed by atoms with Crippen LogP contribution >= 0.6 is 0 Å². The topological polar surface area (TPSA) is 60.7 Å². The molecule has 0 aromatic heterocycles. The summed E-state index contributed by atoms with van der Waals surface area (Å²) in [5, 5.41) is 31.5. The van der Waals surface area contributed by atoms with Gasteiger partial charge in [-0.2, -0.15) is 0 Å². The van der Waals surface area contributed by atoms with Crippen LogP contribution in [0.3, 0.4) is 0 Å². The zero-order valence-electron chi connectivity index (χ0n) is 13.8. The molecule has 3 heteroatoms. The van der Waals surface area contributed by atoms with Gasteiger partial charge in [0.15, 0.2) is 0 Å². The fourth-order valence-electron chi connectivity index (χ4n) is 6.75. The largest absolute Gasteiger partial charge is 0.393 e. The van der Waals surface area contributed by atoms with Crippen molar-refractivity contribution in [1.29, 1.82) is 0 Å². The van der Waals surface area contributed by atoms with Crippen molar-refractivity contribution in [2.24, 2.45) is 28.6 Å². The second-order valence-corrected chi connectivity index (χ2v) is 8.95. The van der Waals surface area contributed by atoms with Crippen molar-refractivity contribution in [2.75, 3.05) is 0 Å². The Bertz CT molecular complexity index is 501. The third kappa shape index (κ3) is 1.85.